The van der Waals surface area contributed by atoms with E-state index in [-0.39, 0.29) is 17.6 Å². The Morgan fingerprint density at radius 1 is 1.03 bits per heavy atom. The van der Waals surface area contributed by atoms with E-state index in [9.17, 15) is 4.79 Å². The second-order valence-corrected chi connectivity index (χ2v) is 12.4. The molecule has 1 aromatic carbocycles. The summed E-state index contributed by atoms with van der Waals surface area (Å²) in [6.45, 7) is 15.9. The highest BCUT2D eigenvalue weighted by atomic mass is 16.5. The minimum Gasteiger partial charge on any atom is -0.493 e. The van der Waals surface area contributed by atoms with Crippen LogP contribution in [0.2, 0.25) is 0 Å². The number of rotatable bonds is 9. The number of nitrogens with one attached hydrogen (secondary N) is 1. The maximum Gasteiger partial charge on any atom is 0.326 e. The fraction of sp³-hybridized carbons (Fsp3) is 0.581. The highest BCUT2D eigenvalue weighted by Crippen LogP contribution is 2.37. The third-order valence-electron chi connectivity index (χ3n) is 8.13. The van der Waals surface area contributed by atoms with Crippen LogP contribution in [0.15, 0.2) is 35.5 Å². The summed E-state index contributed by atoms with van der Waals surface area (Å²) in [4.78, 5) is 23.6. The van der Waals surface area contributed by atoms with Gasteiger partial charge in [-0.1, -0.05) is 41.5 Å². The predicted molar refractivity (Wildman–Crippen MR) is 158 cm³/mol. The molecule has 5 rings (SSSR count). The van der Waals surface area contributed by atoms with Gasteiger partial charge in [-0.05, 0) is 72.8 Å². The smallest absolute Gasteiger partial charge is 0.326 e. The van der Waals surface area contributed by atoms with Crippen LogP contribution >= 0.6 is 0 Å². The molecule has 3 heterocycles. The van der Waals surface area contributed by atoms with Crippen molar-refractivity contribution < 1.29 is 4.74 Å². The van der Waals surface area contributed by atoms with Crippen molar-refractivity contribution in [3.63, 3.8) is 0 Å². The number of aromatic nitrogens is 5. The molecule has 39 heavy (non-hydrogen) atoms. The molecule has 0 amide bonds. The number of fused-ring (bicyclic) bond motifs is 2. The van der Waals surface area contributed by atoms with Crippen molar-refractivity contribution >= 4 is 16.7 Å². The van der Waals surface area contributed by atoms with Gasteiger partial charge >= 0.3 is 5.69 Å². The van der Waals surface area contributed by atoms with Gasteiger partial charge in [-0.3, -0.25) is 9.47 Å². The summed E-state index contributed by atoms with van der Waals surface area (Å²) in [5, 5.41) is 4.34. The van der Waals surface area contributed by atoms with Gasteiger partial charge in [-0.25, -0.2) is 14.3 Å². The van der Waals surface area contributed by atoms with Gasteiger partial charge in [-0.2, -0.15) is 5.10 Å². The molecule has 0 spiro atoms. The van der Waals surface area contributed by atoms with E-state index in [1.807, 2.05) is 16.8 Å². The Labute approximate surface area is 231 Å². The second-order valence-electron chi connectivity index (χ2n) is 12.4. The molecular weight excluding hydrogens is 488 g/mol. The molecule has 1 aliphatic carbocycles. The molecule has 1 N–H and O–H groups in total. The van der Waals surface area contributed by atoms with Crippen LogP contribution in [-0.4, -0.2) is 55.3 Å². The van der Waals surface area contributed by atoms with Crippen LogP contribution in [0.5, 0.6) is 5.75 Å². The quantitative estimate of drug-likeness (QED) is 0.275. The summed E-state index contributed by atoms with van der Waals surface area (Å²) in [6.07, 6.45) is 7.85. The first kappa shape index (κ1) is 27.4. The van der Waals surface area contributed by atoms with Crippen LogP contribution in [0.4, 0.5) is 0 Å². The van der Waals surface area contributed by atoms with Crippen LogP contribution in [0.3, 0.4) is 0 Å². The largest absolute Gasteiger partial charge is 0.493 e. The van der Waals surface area contributed by atoms with E-state index in [0.717, 1.165) is 60.9 Å². The molecule has 3 aromatic heterocycles. The molecule has 0 unspecified atom stereocenters. The van der Waals surface area contributed by atoms with Crippen LogP contribution in [0.25, 0.3) is 27.8 Å². The minimum atomic E-state index is -0.00849. The van der Waals surface area contributed by atoms with Gasteiger partial charge in [0.05, 0.1) is 18.1 Å². The molecule has 8 heteroatoms. The number of aromatic amines is 1. The SMILES string of the molecule is COc1cc(-c2cc3[nH]c(=O)n([C@H]4CC[C@H](N(CC(C)C)CC(C)C)CC4)c3cc2C(C)C)cn2ncnc12. The molecule has 0 saturated heterocycles. The first-order valence-electron chi connectivity index (χ1n) is 14.6. The lowest BCUT2D eigenvalue weighted by Crippen LogP contribution is -2.43. The van der Waals surface area contributed by atoms with Crippen molar-refractivity contribution in [1.82, 2.24) is 29.0 Å². The number of imidazole rings is 1. The fourth-order valence-corrected chi connectivity index (χ4v) is 6.46. The Morgan fingerprint density at radius 2 is 1.72 bits per heavy atom. The maximum atomic E-state index is 13.4. The number of nitrogens with zero attached hydrogens (tertiary/aromatic N) is 5. The minimum absolute atomic E-state index is 0.00849. The fourth-order valence-electron chi connectivity index (χ4n) is 6.46. The zero-order valence-electron chi connectivity index (χ0n) is 24.6. The maximum absolute atomic E-state index is 13.4. The van der Waals surface area contributed by atoms with Crippen LogP contribution < -0.4 is 10.4 Å². The van der Waals surface area contributed by atoms with Gasteiger partial charge in [0.25, 0.3) is 0 Å². The van der Waals surface area contributed by atoms with Crippen molar-refractivity contribution in [2.24, 2.45) is 11.8 Å². The van der Waals surface area contributed by atoms with Gasteiger partial charge in [0.2, 0.25) is 0 Å². The van der Waals surface area contributed by atoms with Crippen molar-refractivity contribution in [3.8, 4) is 16.9 Å². The summed E-state index contributed by atoms with van der Waals surface area (Å²) in [6, 6.07) is 7.18. The Morgan fingerprint density at radius 3 is 2.33 bits per heavy atom. The number of hydrogen-bond acceptors (Lipinski definition) is 5. The summed E-state index contributed by atoms with van der Waals surface area (Å²) >= 11 is 0. The molecule has 1 fully saturated rings. The monoisotopic (exact) mass is 532 g/mol. The van der Waals surface area contributed by atoms with Gasteiger partial charge in [0.1, 0.15) is 6.33 Å². The Kier molecular flexibility index (Phi) is 7.85. The summed E-state index contributed by atoms with van der Waals surface area (Å²) in [5.41, 5.74) is 5.81. The van der Waals surface area contributed by atoms with Gasteiger partial charge in [-0.15, -0.1) is 0 Å². The average molecular weight is 533 g/mol. The number of hydrogen-bond donors (Lipinski definition) is 1. The lowest BCUT2D eigenvalue weighted by atomic mass is 9.88. The van der Waals surface area contributed by atoms with Crippen LogP contribution in [0.1, 0.15) is 84.7 Å². The first-order chi connectivity index (χ1) is 18.7. The second kappa shape index (κ2) is 11.2. The first-order valence-corrected chi connectivity index (χ1v) is 14.6. The molecule has 1 saturated carbocycles. The molecule has 0 atom stereocenters. The van der Waals surface area contributed by atoms with Crippen molar-refractivity contribution in [1.29, 1.82) is 0 Å². The molecule has 8 nitrogen and oxygen atoms in total. The van der Waals surface area contributed by atoms with E-state index in [4.69, 9.17) is 4.74 Å². The number of benzene rings is 1. The molecule has 210 valence electrons. The van der Waals surface area contributed by atoms with Gasteiger partial charge < -0.3 is 9.72 Å². The lowest BCUT2D eigenvalue weighted by molar-refractivity contribution is 0.111. The average Bonchev–Trinajstić information content (AvgIpc) is 3.49. The zero-order valence-corrected chi connectivity index (χ0v) is 24.6. The summed E-state index contributed by atoms with van der Waals surface area (Å²) in [5.74, 6) is 2.27. The lowest BCUT2D eigenvalue weighted by Gasteiger charge is -2.39. The number of H-pyrrole nitrogens is 1. The predicted octanol–water partition coefficient (Wildman–Crippen LogP) is 6.27. The van der Waals surface area contributed by atoms with Gasteiger partial charge in [0, 0.05) is 36.9 Å². The highest BCUT2D eigenvalue weighted by molar-refractivity contribution is 5.85. The van der Waals surface area contributed by atoms with E-state index in [1.54, 1.807) is 11.6 Å². The molecule has 1 aliphatic rings. The van der Waals surface area contributed by atoms with Crippen molar-refractivity contribution in [2.75, 3.05) is 20.2 Å². The van der Waals surface area contributed by atoms with Gasteiger partial charge in [0.15, 0.2) is 11.4 Å². The Balaban J connectivity index is 1.48. The van der Waals surface area contributed by atoms with Crippen LogP contribution in [0, 0.1) is 11.8 Å². The van der Waals surface area contributed by atoms with E-state index in [2.05, 4.69) is 73.6 Å². The number of methoxy groups -OCH3 is 1. The number of pyridine rings is 1. The van der Waals surface area contributed by atoms with Crippen LogP contribution in [-0.2, 0) is 0 Å². The van der Waals surface area contributed by atoms with Crippen molar-refractivity contribution in [3.05, 3.63) is 46.8 Å². The molecular formula is C31H44N6O2. The van der Waals surface area contributed by atoms with Crippen molar-refractivity contribution in [2.45, 2.75) is 85.2 Å². The number of ether oxygens (including phenoxy) is 1. The third-order valence-corrected chi connectivity index (χ3v) is 8.13. The molecule has 0 bridgehead atoms. The van der Waals surface area contributed by atoms with E-state index in [1.165, 1.54) is 11.9 Å². The standard InChI is InChI=1S/C31H44N6O2/c1-19(2)15-35(16-20(3)4)23-8-10-24(11-9-23)37-28-14-25(21(5)6)26(13-27(28)34-31(37)38)22-12-29(39-7)30-32-18-33-36(30)17-22/h12-14,17-21,23-24H,8-11,15-16H2,1-7H3,(H,34,38)/t23-,24-. The Hall–Kier alpha value is -3.13. The molecule has 4 aromatic rings. The summed E-state index contributed by atoms with van der Waals surface area (Å²) < 4.78 is 9.40. The van der Waals surface area contributed by atoms with E-state index < -0.39 is 0 Å². The highest BCUT2D eigenvalue weighted by Gasteiger charge is 2.29. The van der Waals surface area contributed by atoms with E-state index in [0.29, 0.717) is 29.3 Å². The third kappa shape index (κ3) is 5.49. The zero-order chi connectivity index (χ0) is 27.8. The van der Waals surface area contributed by atoms with E-state index >= 15 is 0 Å². The Bertz CT molecular complexity index is 1480. The normalized spacial score (nSPS) is 18.4. The molecule has 0 aliphatic heterocycles. The summed E-state index contributed by atoms with van der Waals surface area (Å²) in [7, 11) is 1.65. The molecule has 0 radical (unpaired) electrons. The topological polar surface area (TPSA) is 80.5 Å².